The Morgan fingerprint density at radius 3 is 2.77 bits per heavy atom. The standard InChI is InChI=1S/C19H15N3O3S/c1-11-3-5-13(6-4-11)18-22-21-17(25-18)12(2)24-19(23)14-7-8-15-16(9-14)26-10-20-15/h3-10,12H,1-2H3/t12-/m1/s1. The van der Waals surface area contributed by atoms with Crippen molar-refractivity contribution in [3.05, 3.63) is 65.0 Å². The van der Waals surface area contributed by atoms with Crippen molar-refractivity contribution in [3.8, 4) is 11.5 Å². The quantitative estimate of drug-likeness (QED) is 0.493. The minimum atomic E-state index is -0.647. The number of aryl methyl sites for hydroxylation is 1. The van der Waals surface area contributed by atoms with Crippen molar-refractivity contribution in [3.63, 3.8) is 0 Å². The summed E-state index contributed by atoms with van der Waals surface area (Å²) in [6, 6.07) is 13.0. The van der Waals surface area contributed by atoms with Crippen LogP contribution in [-0.2, 0) is 4.74 Å². The Morgan fingerprint density at radius 1 is 1.15 bits per heavy atom. The second kappa shape index (κ2) is 6.68. The van der Waals surface area contributed by atoms with Crippen molar-refractivity contribution in [1.82, 2.24) is 15.2 Å². The number of ether oxygens (including phenoxy) is 1. The summed E-state index contributed by atoms with van der Waals surface area (Å²) < 4.78 is 12.1. The van der Waals surface area contributed by atoms with Crippen LogP contribution >= 0.6 is 11.3 Å². The third-order valence-corrected chi connectivity index (χ3v) is 4.73. The second-order valence-electron chi connectivity index (χ2n) is 5.89. The molecule has 130 valence electrons. The highest BCUT2D eigenvalue weighted by Gasteiger charge is 2.20. The van der Waals surface area contributed by atoms with Gasteiger partial charge in [0.2, 0.25) is 5.89 Å². The molecule has 1 atom stereocenters. The van der Waals surface area contributed by atoms with Crippen LogP contribution in [0, 0.1) is 6.92 Å². The number of thiazole rings is 1. The van der Waals surface area contributed by atoms with E-state index in [4.69, 9.17) is 9.15 Å². The SMILES string of the molecule is Cc1ccc(-c2nnc([C@@H](C)OC(=O)c3ccc4ncsc4c3)o2)cc1. The van der Waals surface area contributed by atoms with Crippen LogP contribution in [0.25, 0.3) is 21.7 Å². The Bertz CT molecular complexity index is 1070. The Balaban J connectivity index is 1.49. The molecular formula is C19H15N3O3S. The zero-order valence-electron chi connectivity index (χ0n) is 14.2. The number of esters is 1. The average molecular weight is 365 g/mol. The van der Waals surface area contributed by atoms with Crippen molar-refractivity contribution >= 4 is 27.5 Å². The smallest absolute Gasteiger partial charge is 0.338 e. The third-order valence-electron chi connectivity index (χ3n) is 3.94. The zero-order valence-corrected chi connectivity index (χ0v) is 15.0. The molecule has 2 aromatic carbocycles. The maximum absolute atomic E-state index is 12.4. The summed E-state index contributed by atoms with van der Waals surface area (Å²) in [5, 5.41) is 8.04. The van der Waals surface area contributed by atoms with Gasteiger partial charge in [-0.1, -0.05) is 17.7 Å². The summed E-state index contributed by atoms with van der Waals surface area (Å²) in [6.07, 6.45) is -0.647. The molecule has 0 spiro atoms. The van der Waals surface area contributed by atoms with E-state index in [1.54, 1.807) is 30.6 Å². The number of hydrogen-bond acceptors (Lipinski definition) is 7. The molecular weight excluding hydrogens is 350 g/mol. The molecule has 7 heteroatoms. The fourth-order valence-corrected chi connectivity index (χ4v) is 3.19. The lowest BCUT2D eigenvalue weighted by Gasteiger charge is -2.09. The summed E-state index contributed by atoms with van der Waals surface area (Å²) in [5.74, 6) is 0.213. The molecule has 2 heterocycles. The third kappa shape index (κ3) is 3.21. The van der Waals surface area contributed by atoms with Crippen LogP contribution in [0.4, 0.5) is 0 Å². The Kier molecular flexibility index (Phi) is 4.22. The van der Waals surface area contributed by atoms with Gasteiger partial charge in [-0.15, -0.1) is 21.5 Å². The van der Waals surface area contributed by atoms with Crippen LogP contribution in [0.3, 0.4) is 0 Å². The van der Waals surface area contributed by atoms with Crippen molar-refractivity contribution in [2.24, 2.45) is 0 Å². The second-order valence-corrected chi connectivity index (χ2v) is 6.78. The van der Waals surface area contributed by atoms with Gasteiger partial charge in [0, 0.05) is 5.56 Å². The molecule has 0 aliphatic carbocycles. The van der Waals surface area contributed by atoms with Gasteiger partial charge in [-0.25, -0.2) is 9.78 Å². The number of aromatic nitrogens is 3. The van der Waals surface area contributed by atoms with Gasteiger partial charge in [0.15, 0.2) is 6.10 Å². The maximum Gasteiger partial charge on any atom is 0.338 e. The van der Waals surface area contributed by atoms with Crippen molar-refractivity contribution < 1.29 is 13.9 Å². The van der Waals surface area contributed by atoms with E-state index < -0.39 is 12.1 Å². The van der Waals surface area contributed by atoms with Gasteiger partial charge in [0.05, 0.1) is 21.3 Å². The normalized spacial score (nSPS) is 12.2. The van der Waals surface area contributed by atoms with E-state index in [-0.39, 0.29) is 5.89 Å². The van der Waals surface area contributed by atoms with Crippen LogP contribution in [-0.4, -0.2) is 21.2 Å². The Hall–Kier alpha value is -3.06. The highest BCUT2D eigenvalue weighted by atomic mass is 32.1. The molecule has 0 fully saturated rings. The number of fused-ring (bicyclic) bond motifs is 1. The maximum atomic E-state index is 12.4. The molecule has 0 amide bonds. The van der Waals surface area contributed by atoms with Crippen LogP contribution in [0.15, 0.2) is 52.4 Å². The van der Waals surface area contributed by atoms with Crippen LogP contribution in [0.2, 0.25) is 0 Å². The lowest BCUT2D eigenvalue weighted by Crippen LogP contribution is -2.09. The fraction of sp³-hybridized carbons (Fsp3) is 0.158. The molecule has 4 aromatic rings. The summed E-state index contributed by atoms with van der Waals surface area (Å²) in [6.45, 7) is 3.71. The van der Waals surface area contributed by atoms with Gasteiger partial charge in [0.1, 0.15) is 0 Å². The summed E-state index contributed by atoms with van der Waals surface area (Å²) in [4.78, 5) is 16.6. The van der Waals surface area contributed by atoms with E-state index in [9.17, 15) is 4.79 Å². The van der Waals surface area contributed by atoms with Crippen LogP contribution in [0.5, 0.6) is 0 Å². The van der Waals surface area contributed by atoms with Crippen molar-refractivity contribution in [2.45, 2.75) is 20.0 Å². The molecule has 0 saturated heterocycles. The van der Waals surface area contributed by atoms with Gasteiger partial charge < -0.3 is 9.15 Å². The van der Waals surface area contributed by atoms with Gasteiger partial charge in [0.25, 0.3) is 5.89 Å². The van der Waals surface area contributed by atoms with E-state index >= 15 is 0 Å². The molecule has 0 N–H and O–H groups in total. The highest BCUT2D eigenvalue weighted by molar-refractivity contribution is 7.16. The molecule has 0 unspecified atom stereocenters. The largest absolute Gasteiger partial charge is 0.449 e. The number of hydrogen-bond donors (Lipinski definition) is 0. The first-order chi connectivity index (χ1) is 12.6. The van der Waals surface area contributed by atoms with Gasteiger partial charge in [-0.3, -0.25) is 0 Å². The first-order valence-corrected chi connectivity index (χ1v) is 8.93. The lowest BCUT2D eigenvalue weighted by molar-refractivity contribution is 0.0280. The molecule has 0 bridgehead atoms. The van der Waals surface area contributed by atoms with E-state index in [2.05, 4.69) is 15.2 Å². The number of carbonyl (C=O) groups excluding carboxylic acids is 1. The van der Waals surface area contributed by atoms with Crippen LogP contribution in [0.1, 0.15) is 34.8 Å². The lowest BCUT2D eigenvalue weighted by atomic mass is 10.1. The predicted molar refractivity (Wildman–Crippen MR) is 97.9 cm³/mol. The van der Waals surface area contributed by atoms with Gasteiger partial charge >= 0.3 is 5.97 Å². The highest BCUT2D eigenvalue weighted by Crippen LogP contribution is 2.24. The van der Waals surface area contributed by atoms with E-state index in [1.165, 1.54) is 11.3 Å². The van der Waals surface area contributed by atoms with Gasteiger partial charge in [-0.05, 0) is 44.2 Å². The molecule has 0 aliphatic rings. The van der Waals surface area contributed by atoms with Crippen LogP contribution < -0.4 is 0 Å². The molecule has 6 nitrogen and oxygen atoms in total. The number of rotatable bonds is 4. The average Bonchev–Trinajstić information content (AvgIpc) is 3.31. The van der Waals surface area contributed by atoms with Gasteiger partial charge in [-0.2, -0.15) is 0 Å². The first-order valence-electron chi connectivity index (χ1n) is 8.05. The number of benzene rings is 2. The van der Waals surface area contributed by atoms with E-state index in [0.717, 1.165) is 21.3 Å². The summed E-state index contributed by atoms with van der Waals surface area (Å²) in [5.41, 5.74) is 5.04. The molecule has 26 heavy (non-hydrogen) atoms. The molecule has 0 aliphatic heterocycles. The van der Waals surface area contributed by atoms with E-state index in [1.807, 2.05) is 31.2 Å². The number of nitrogens with zero attached hydrogens (tertiary/aromatic N) is 3. The summed E-state index contributed by atoms with van der Waals surface area (Å²) >= 11 is 1.48. The molecule has 2 aromatic heterocycles. The minimum absolute atomic E-state index is 0.257. The minimum Gasteiger partial charge on any atom is -0.449 e. The monoisotopic (exact) mass is 365 g/mol. The zero-order chi connectivity index (χ0) is 18.1. The van der Waals surface area contributed by atoms with Crippen molar-refractivity contribution in [1.29, 1.82) is 0 Å². The topological polar surface area (TPSA) is 78.1 Å². The number of carbonyl (C=O) groups is 1. The van der Waals surface area contributed by atoms with Crippen molar-refractivity contribution in [2.75, 3.05) is 0 Å². The Morgan fingerprint density at radius 2 is 1.96 bits per heavy atom. The Labute approximate surface area is 153 Å². The molecule has 0 saturated carbocycles. The molecule has 4 rings (SSSR count). The summed E-state index contributed by atoms with van der Waals surface area (Å²) in [7, 11) is 0. The fourth-order valence-electron chi connectivity index (χ4n) is 2.47. The van der Waals surface area contributed by atoms with E-state index in [0.29, 0.717) is 11.5 Å². The first kappa shape index (κ1) is 16.4. The molecule has 0 radical (unpaired) electrons. The predicted octanol–water partition coefficient (Wildman–Crippen LogP) is 4.57.